The zero-order valence-corrected chi connectivity index (χ0v) is 15.5. The van der Waals surface area contributed by atoms with E-state index < -0.39 is 0 Å². The van der Waals surface area contributed by atoms with Gasteiger partial charge in [0.15, 0.2) is 11.6 Å². The van der Waals surface area contributed by atoms with Gasteiger partial charge in [-0.1, -0.05) is 6.07 Å². The first-order valence-corrected chi connectivity index (χ1v) is 9.70. The van der Waals surface area contributed by atoms with E-state index in [-0.39, 0.29) is 0 Å². The third-order valence-corrected chi connectivity index (χ3v) is 5.47. The molecule has 1 saturated carbocycles. The second-order valence-electron chi connectivity index (χ2n) is 7.47. The second-order valence-corrected chi connectivity index (χ2v) is 7.47. The second kappa shape index (κ2) is 6.72. The van der Waals surface area contributed by atoms with Crippen LogP contribution in [0.3, 0.4) is 0 Å². The monoisotopic (exact) mass is 361 g/mol. The van der Waals surface area contributed by atoms with E-state index in [0.717, 1.165) is 54.9 Å². The van der Waals surface area contributed by atoms with Gasteiger partial charge in [0, 0.05) is 43.5 Å². The van der Waals surface area contributed by atoms with E-state index in [1.54, 1.807) is 12.4 Å². The van der Waals surface area contributed by atoms with Crippen molar-refractivity contribution < 1.29 is 0 Å². The highest BCUT2D eigenvalue weighted by atomic mass is 15.4. The van der Waals surface area contributed by atoms with Crippen LogP contribution in [0.1, 0.15) is 54.7 Å². The molecule has 4 heterocycles. The van der Waals surface area contributed by atoms with E-state index in [1.807, 2.05) is 23.0 Å². The summed E-state index contributed by atoms with van der Waals surface area (Å²) < 4.78 is 2.00. The molecule has 0 unspecified atom stereocenters. The lowest BCUT2D eigenvalue weighted by Gasteiger charge is -2.31. The predicted octanol–water partition coefficient (Wildman–Crippen LogP) is 3.02. The Balaban J connectivity index is 1.43. The minimum absolute atomic E-state index is 0.381. The Bertz CT molecular complexity index is 925. The van der Waals surface area contributed by atoms with Crippen LogP contribution in [0.4, 0.5) is 5.95 Å². The lowest BCUT2D eigenvalue weighted by molar-refractivity contribution is 0.471. The summed E-state index contributed by atoms with van der Waals surface area (Å²) in [6.45, 7) is 3.95. The molecule has 0 radical (unpaired) electrons. The Hall–Kier alpha value is -2.83. The molecule has 1 aliphatic carbocycles. The maximum Gasteiger partial charge on any atom is 0.225 e. The average Bonchev–Trinajstić information content (AvgIpc) is 3.48. The van der Waals surface area contributed by atoms with Crippen molar-refractivity contribution in [1.82, 2.24) is 29.7 Å². The number of rotatable bonds is 4. The molecule has 0 amide bonds. The summed E-state index contributed by atoms with van der Waals surface area (Å²) >= 11 is 0. The van der Waals surface area contributed by atoms with Crippen LogP contribution < -0.4 is 4.90 Å². The number of aryl methyl sites for hydroxylation is 1. The third-order valence-electron chi connectivity index (χ3n) is 5.47. The molecule has 2 aliphatic rings. The van der Waals surface area contributed by atoms with Gasteiger partial charge in [-0.15, -0.1) is 5.10 Å². The first kappa shape index (κ1) is 16.4. The number of anilines is 1. The van der Waals surface area contributed by atoms with Gasteiger partial charge in [0.1, 0.15) is 5.82 Å². The van der Waals surface area contributed by atoms with Crippen LogP contribution in [0.5, 0.6) is 0 Å². The van der Waals surface area contributed by atoms with Gasteiger partial charge in [0.25, 0.3) is 0 Å². The zero-order chi connectivity index (χ0) is 18.2. The molecule has 27 heavy (non-hydrogen) atoms. The van der Waals surface area contributed by atoms with Crippen LogP contribution in [0.15, 0.2) is 36.8 Å². The van der Waals surface area contributed by atoms with Gasteiger partial charge in [-0.2, -0.15) is 4.68 Å². The summed E-state index contributed by atoms with van der Waals surface area (Å²) in [5, 5.41) is 4.86. The van der Waals surface area contributed by atoms with E-state index in [4.69, 9.17) is 10.1 Å². The summed E-state index contributed by atoms with van der Waals surface area (Å²) in [6, 6.07) is 5.91. The molecule has 0 bridgehead atoms. The summed E-state index contributed by atoms with van der Waals surface area (Å²) in [7, 11) is 0. The Morgan fingerprint density at radius 1 is 0.889 bits per heavy atom. The van der Waals surface area contributed by atoms with Gasteiger partial charge in [0.05, 0.1) is 0 Å². The van der Waals surface area contributed by atoms with Crippen LogP contribution in [0, 0.1) is 6.92 Å². The highest BCUT2D eigenvalue weighted by Gasteiger charge is 2.33. The van der Waals surface area contributed by atoms with Crippen LogP contribution in [0.2, 0.25) is 0 Å². The molecule has 0 N–H and O–H groups in total. The van der Waals surface area contributed by atoms with Crippen molar-refractivity contribution in [2.45, 2.75) is 44.4 Å². The van der Waals surface area contributed by atoms with E-state index in [9.17, 15) is 0 Å². The van der Waals surface area contributed by atoms with Crippen LogP contribution in [-0.4, -0.2) is 42.8 Å². The summed E-state index contributed by atoms with van der Waals surface area (Å²) in [5.74, 6) is 4.69. The quantitative estimate of drug-likeness (QED) is 0.711. The molecule has 1 saturated heterocycles. The Morgan fingerprint density at radius 2 is 1.63 bits per heavy atom. The average molecular weight is 361 g/mol. The van der Waals surface area contributed by atoms with Crippen molar-refractivity contribution in [3.63, 3.8) is 0 Å². The number of hydrogen-bond donors (Lipinski definition) is 0. The lowest BCUT2D eigenvalue weighted by Crippen LogP contribution is -2.34. The SMILES string of the molecule is Cc1cccnc1-n1nc(C2CC2)nc1C1CCN(c2ncccn2)CC1. The molecule has 2 fully saturated rings. The molecule has 7 nitrogen and oxygen atoms in total. The minimum atomic E-state index is 0.381. The Kier molecular flexibility index (Phi) is 4.07. The molecular weight excluding hydrogens is 338 g/mol. The number of aromatic nitrogens is 6. The molecule has 1 aliphatic heterocycles. The predicted molar refractivity (Wildman–Crippen MR) is 102 cm³/mol. The van der Waals surface area contributed by atoms with E-state index >= 15 is 0 Å². The van der Waals surface area contributed by atoms with E-state index in [2.05, 4.69) is 32.8 Å². The molecule has 0 aromatic carbocycles. The van der Waals surface area contributed by atoms with Gasteiger partial charge in [-0.05, 0) is 50.3 Å². The molecule has 0 spiro atoms. The molecule has 3 aromatic rings. The lowest BCUT2D eigenvalue weighted by atomic mass is 9.96. The van der Waals surface area contributed by atoms with E-state index in [1.165, 1.54) is 12.8 Å². The van der Waals surface area contributed by atoms with Crippen molar-refractivity contribution in [2.24, 2.45) is 0 Å². The fourth-order valence-corrected chi connectivity index (χ4v) is 3.77. The minimum Gasteiger partial charge on any atom is -0.341 e. The largest absolute Gasteiger partial charge is 0.341 e. The van der Waals surface area contributed by atoms with Gasteiger partial charge >= 0.3 is 0 Å². The standard InChI is InChI=1S/C20H23N7/c1-14-4-2-9-21-18(14)27-19(24-17(25-27)15-5-6-15)16-7-12-26(13-8-16)20-22-10-3-11-23-20/h2-4,9-11,15-16H,5-8,12-13H2,1H3. The molecule has 138 valence electrons. The van der Waals surface area contributed by atoms with Crippen LogP contribution in [0.25, 0.3) is 5.82 Å². The maximum atomic E-state index is 4.97. The first-order chi connectivity index (χ1) is 13.3. The molecular formula is C20H23N7. The number of piperidine rings is 1. The zero-order valence-electron chi connectivity index (χ0n) is 15.5. The fraction of sp³-hybridized carbons (Fsp3) is 0.450. The van der Waals surface area contributed by atoms with Crippen molar-refractivity contribution in [2.75, 3.05) is 18.0 Å². The smallest absolute Gasteiger partial charge is 0.225 e. The van der Waals surface area contributed by atoms with Crippen molar-refractivity contribution in [1.29, 1.82) is 0 Å². The Morgan fingerprint density at radius 3 is 2.33 bits per heavy atom. The fourth-order valence-electron chi connectivity index (χ4n) is 3.77. The third kappa shape index (κ3) is 3.18. The summed E-state index contributed by atoms with van der Waals surface area (Å²) in [5.41, 5.74) is 1.13. The van der Waals surface area contributed by atoms with E-state index in [0.29, 0.717) is 11.8 Å². The van der Waals surface area contributed by atoms with Crippen molar-refractivity contribution >= 4 is 5.95 Å². The molecule has 0 atom stereocenters. The van der Waals surface area contributed by atoms with Gasteiger partial charge in [-0.25, -0.2) is 19.9 Å². The highest BCUT2D eigenvalue weighted by Crippen LogP contribution is 2.40. The van der Waals surface area contributed by atoms with Crippen molar-refractivity contribution in [3.8, 4) is 5.82 Å². The number of hydrogen-bond acceptors (Lipinski definition) is 6. The normalized spacial score (nSPS) is 18.0. The van der Waals surface area contributed by atoms with Crippen LogP contribution >= 0.6 is 0 Å². The van der Waals surface area contributed by atoms with Crippen LogP contribution in [-0.2, 0) is 0 Å². The topological polar surface area (TPSA) is 72.6 Å². The number of nitrogens with zero attached hydrogens (tertiary/aromatic N) is 7. The first-order valence-electron chi connectivity index (χ1n) is 9.70. The summed E-state index contributed by atoms with van der Waals surface area (Å²) in [4.78, 5) is 20.6. The molecule has 5 rings (SSSR count). The van der Waals surface area contributed by atoms with Crippen molar-refractivity contribution in [3.05, 3.63) is 54.0 Å². The number of pyridine rings is 1. The maximum absolute atomic E-state index is 4.97. The van der Waals surface area contributed by atoms with Gasteiger partial charge in [-0.3, -0.25) is 0 Å². The highest BCUT2D eigenvalue weighted by molar-refractivity contribution is 5.34. The molecule has 3 aromatic heterocycles. The Labute approximate surface area is 158 Å². The molecule has 7 heteroatoms. The van der Waals surface area contributed by atoms with Gasteiger partial charge < -0.3 is 4.90 Å². The summed E-state index contributed by atoms with van der Waals surface area (Å²) in [6.07, 6.45) is 9.89. The van der Waals surface area contributed by atoms with Gasteiger partial charge in [0.2, 0.25) is 5.95 Å².